The second kappa shape index (κ2) is 3.28. The molecule has 9 fully saturated rings. The molecule has 6 aliphatic carbocycles. The highest BCUT2D eigenvalue weighted by Crippen LogP contribution is 2.88. The number of aliphatic hydroxyl groups is 3. The summed E-state index contributed by atoms with van der Waals surface area (Å²) in [6, 6.07) is 0.280. The van der Waals surface area contributed by atoms with Gasteiger partial charge in [-0.15, -0.1) is 0 Å². The Morgan fingerprint density at radius 1 is 1.21 bits per heavy atom. The SMILES string of the molecule is C=C1[C@@H](O)[C@]23C[C@@]4(O)[C@@H]5[C@@]6(C)CCC[C@@]57[C@@H]2C[C@@H]1C(O)[C@@H]3[C@H]7N4C6. The van der Waals surface area contributed by atoms with Crippen molar-refractivity contribution in [3.8, 4) is 0 Å². The summed E-state index contributed by atoms with van der Waals surface area (Å²) in [5.41, 5.74) is 0.116. The van der Waals surface area contributed by atoms with Gasteiger partial charge in [-0.05, 0) is 48.0 Å². The van der Waals surface area contributed by atoms with E-state index in [2.05, 4.69) is 18.4 Å². The van der Waals surface area contributed by atoms with Crippen LogP contribution in [0.1, 0.15) is 39.0 Å². The van der Waals surface area contributed by atoms with E-state index < -0.39 is 11.8 Å². The molecule has 3 saturated heterocycles. The fourth-order valence-electron chi connectivity index (χ4n) is 10.5. The van der Waals surface area contributed by atoms with Crippen molar-refractivity contribution in [2.24, 2.45) is 39.9 Å². The topological polar surface area (TPSA) is 63.9 Å². The zero-order valence-corrected chi connectivity index (χ0v) is 14.3. The van der Waals surface area contributed by atoms with Crippen LogP contribution in [-0.2, 0) is 0 Å². The molecule has 9 rings (SSSR count). The van der Waals surface area contributed by atoms with E-state index in [1.807, 2.05) is 0 Å². The van der Waals surface area contributed by atoms with Crippen LogP contribution in [0.5, 0.6) is 0 Å². The van der Waals surface area contributed by atoms with Crippen LogP contribution >= 0.6 is 0 Å². The van der Waals surface area contributed by atoms with Crippen molar-refractivity contribution >= 4 is 0 Å². The Morgan fingerprint density at radius 3 is 2.79 bits per heavy atom. The van der Waals surface area contributed by atoms with Crippen LogP contribution in [0.25, 0.3) is 0 Å². The van der Waals surface area contributed by atoms with Gasteiger partial charge in [-0.2, -0.15) is 0 Å². The summed E-state index contributed by atoms with van der Waals surface area (Å²) < 4.78 is 0. The standard InChI is InChI=1S/C20H27NO3/c1-9-10-6-11-18-5-3-4-17(2)8-21-14(18)12(13(10)22)19(11,15(9)23)7-20(21,24)16(17)18/h10-16,22-24H,1,3-8H2,2H3/t10-,11-,12+,13?,14+,15+,16+,17-,18-,19+,20+/m0/s1. The molecule has 9 bridgehead atoms. The Morgan fingerprint density at radius 2 is 2.00 bits per heavy atom. The van der Waals surface area contributed by atoms with E-state index in [4.69, 9.17) is 0 Å². The summed E-state index contributed by atoms with van der Waals surface area (Å²) in [5.74, 6) is 1.000. The van der Waals surface area contributed by atoms with Crippen LogP contribution in [0.4, 0.5) is 0 Å². The molecule has 3 aliphatic heterocycles. The monoisotopic (exact) mass is 329 g/mol. The first-order valence-electron chi connectivity index (χ1n) is 9.86. The number of hydrogen-bond donors (Lipinski definition) is 3. The van der Waals surface area contributed by atoms with Gasteiger partial charge in [-0.25, -0.2) is 0 Å². The van der Waals surface area contributed by atoms with E-state index in [0.717, 1.165) is 18.5 Å². The smallest absolute Gasteiger partial charge is 0.123 e. The summed E-state index contributed by atoms with van der Waals surface area (Å²) in [6.07, 6.45) is 4.37. The van der Waals surface area contributed by atoms with Crippen molar-refractivity contribution < 1.29 is 15.3 Å². The molecular weight excluding hydrogens is 302 g/mol. The lowest BCUT2D eigenvalue weighted by Crippen LogP contribution is -2.71. The summed E-state index contributed by atoms with van der Waals surface area (Å²) in [7, 11) is 0. The predicted octanol–water partition coefficient (Wildman–Crippen LogP) is 1.11. The van der Waals surface area contributed by atoms with E-state index in [0.29, 0.717) is 18.3 Å². The van der Waals surface area contributed by atoms with Crippen molar-refractivity contribution in [1.82, 2.24) is 4.90 Å². The van der Waals surface area contributed by atoms with Crippen molar-refractivity contribution in [2.45, 2.75) is 63.0 Å². The Labute approximate surface area is 142 Å². The van der Waals surface area contributed by atoms with Gasteiger partial charge in [-0.1, -0.05) is 19.9 Å². The molecule has 0 amide bonds. The lowest BCUT2D eigenvalue weighted by atomic mass is 9.39. The molecule has 0 aromatic heterocycles. The zero-order chi connectivity index (χ0) is 16.4. The van der Waals surface area contributed by atoms with E-state index in [1.54, 1.807) is 0 Å². The summed E-state index contributed by atoms with van der Waals surface area (Å²) in [5, 5.41) is 34.3. The minimum atomic E-state index is -0.752. The van der Waals surface area contributed by atoms with Gasteiger partial charge in [0.05, 0.1) is 12.2 Å². The molecule has 3 N–H and O–H groups in total. The normalized spacial score (nSPS) is 76.1. The van der Waals surface area contributed by atoms with Gasteiger partial charge < -0.3 is 15.3 Å². The van der Waals surface area contributed by atoms with Crippen LogP contribution in [-0.4, -0.2) is 50.7 Å². The maximum absolute atomic E-state index is 11.9. The molecular formula is C20H27NO3. The molecule has 24 heavy (non-hydrogen) atoms. The molecule has 4 heteroatoms. The average molecular weight is 329 g/mol. The molecule has 2 unspecified atom stereocenters. The van der Waals surface area contributed by atoms with Crippen molar-refractivity contribution in [3.05, 3.63) is 12.2 Å². The van der Waals surface area contributed by atoms with Gasteiger partial charge in [-0.3, -0.25) is 4.90 Å². The first-order valence-corrected chi connectivity index (χ1v) is 9.86. The van der Waals surface area contributed by atoms with Crippen LogP contribution in [0.2, 0.25) is 0 Å². The molecule has 3 heterocycles. The fourth-order valence-corrected chi connectivity index (χ4v) is 10.5. The summed E-state index contributed by atoms with van der Waals surface area (Å²) in [6.45, 7) is 7.54. The molecule has 130 valence electrons. The largest absolute Gasteiger partial charge is 0.392 e. The fraction of sp³-hybridized carbons (Fsp3) is 0.900. The van der Waals surface area contributed by atoms with Crippen LogP contribution in [0.15, 0.2) is 12.2 Å². The van der Waals surface area contributed by atoms with Crippen molar-refractivity contribution in [1.29, 1.82) is 0 Å². The third-order valence-electron chi connectivity index (χ3n) is 10.4. The van der Waals surface area contributed by atoms with Gasteiger partial charge in [0.15, 0.2) is 0 Å². The molecule has 9 aliphatic rings. The van der Waals surface area contributed by atoms with E-state index in [9.17, 15) is 15.3 Å². The van der Waals surface area contributed by atoms with Gasteiger partial charge in [0.25, 0.3) is 0 Å². The highest BCUT2D eigenvalue weighted by atomic mass is 16.3. The molecule has 4 nitrogen and oxygen atoms in total. The molecule has 0 radical (unpaired) electrons. The number of piperidine rings is 2. The average Bonchev–Trinajstić information content (AvgIpc) is 2.88. The number of fused-ring (bicyclic) bond motifs is 1. The van der Waals surface area contributed by atoms with E-state index >= 15 is 0 Å². The second-order valence-corrected chi connectivity index (χ2v) is 10.7. The Balaban J connectivity index is 1.56. The lowest BCUT2D eigenvalue weighted by Gasteiger charge is -2.67. The highest BCUT2D eigenvalue weighted by Gasteiger charge is 2.93. The molecule has 2 spiro atoms. The second-order valence-electron chi connectivity index (χ2n) is 10.7. The Kier molecular flexibility index (Phi) is 1.88. The summed E-state index contributed by atoms with van der Waals surface area (Å²) in [4.78, 5) is 2.41. The number of nitrogens with zero attached hydrogens (tertiary/aromatic N) is 1. The summed E-state index contributed by atoms with van der Waals surface area (Å²) >= 11 is 0. The van der Waals surface area contributed by atoms with Crippen LogP contribution < -0.4 is 0 Å². The van der Waals surface area contributed by atoms with Crippen LogP contribution in [0.3, 0.4) is 0 Å². The van der Waals surface area contributed by atoms with Gasteiger partial charge in [0, 0.05) is 35.8 Å². The Bertz CT molecular complexity index is 724. The van der Waals surface area contributed by atoms with E-state index in [-0.39, 0.29) is 40.2 Å². The first-order chi connectivity index (χ1) is 11.3. The van der Waals surface area contributed by atoms with Gasteiger partial charge >= 0.3 is 0 Å². The minimum absolute atomic E-state index is 0.0665. The number of aliphatic hydroxyl groups excluding tert-OH is 2. The Hall–Kier alpha value is -0.420. The quantitative estimate of drug-likeness (QED) is 0.583. The maximum atomic E-state index is 11.9. The van der Waals surface area contributed by atoms with Crippen molar-refractivity contribution in [3.63, 3.8) is 0 Å². The van der Waals surface area contributed by atoms with Gasteiger partial charge in [0.1, 0.15) is 5.72 Å². The lowest BCUT2D eigenvalue weighted by molar-refractivity contribution is -0.267. The molecule has 0 aromatic rings. The number of rotatable bonds is 0. The molecule has 12 atom stereocenters. The van der Waals surface area contributed by atoms with Crippen LogP contribution in [0, 0.1) is 39.9 Å². The maximum Gasteiger partial charge on any atom is 0.123 e. The number of hydrogen-bond acceptors (Lipinski definition) is 4. The third kappa shape index (κ3) is 0.903. The predicted molar refractivity (Wildman–Crippen MR) is 86.6 cm³/mol. The highest BCUT2D eigenvalue weighted by molar-refractivity contribution is 5.44. The van der Waals surface area contributed by atoms with E-state index in [1.165, 1.54) is 19.3 Å². The zero-order valence-electron chi connectivity index (χ0n) is 14.3. The van der Waals surface area contributed by atoms with Crippen molar-refractivity contribution in [2.75, 3.05) is 6.54 Å². The first kappa shape index (κ1) is 13.7. The van der Waals surface area contributed by atoms with Gasteiger partial charge in [0.2, 0.25) is 0 Å². The minimum Gasteiger partial charge on any atom is -0.392 e. The third-order valence-corrected chi connectivity index (χ3v) is 10.4. The molecule has 0 aromatic carbocycles. The molecule has 6 saturated carbocycles.